The van der Waals surface area contributed by atoms with Gasteiger partial charge in [0.1, 0.15) is 5.69 Å². The van der Waals surface area contributed by atoms with E-state index in [-0.39, 0.29) is 11.4 Å². The molecule has 112 valence electrons. The van der Waals surface area contributed by atoms with Crippen molar-refractivity contribution in [3.05, 3.63) is 60.6 Å². The number of benzene rings is 1. The number of aromatic nitrogens is 3. The summed E-state index contributed by atoms with van der Waals surface area (Å²) < 4.78 is 40.6. The van der Waals surface area contributed by atoms with Crippen molar-refractivity contribution in [2.24, 2.45) is 0 Å². The van der Waals surface area contributed by atoms with Gasteiger partial charge in [0, 0.05) is 23.6 Å². The van der Waals surface area contributed by atoms with Gasteiger partial charge in [-0.15, -0.1) is 0 Å². The maximum Gasteiger partial charge on any atom is 0.433 e. The zero-order chi connectivity index (χ0) is 15.7. The fraction of sp³-hybridized carbons (Fsp3) is 0.0667. The van der Waals surface area contributed by atoms with Gasteiger partial charge in [-0.05, 0) is 42.5 Å². The molecule has 0 atom stereocenters. The molecule has 2 N–H and O–H groups in total. The molecule has 0 saturated heterocycles. The van der Waals surface area contributed by atoms with Gasteiger partial charge in [-0.3, -0.25) is 4.98 Å². The summed E-state index contributed by atoms with van der Waals surface area (Å²) in [7, 11) is 0. The van der Waals surface area contributed by atoms with Gasteiger partial charge in [0.05, 0.1) is 11.4 Å². The van der Waals surface area contributed by atoms with Gasteiger partial charge >= 0.3 is 6.18 Å². The number of nitrogens with zero attached hydrogens (tertiary/aromatic N) is 3. The van der Waals surface area contributed by atoms with E-state index in [0.29, 0.717) is 11.3 Å². The van der Waals surface area contributed by atoms with Crippen LogP contribution in [0.2, 0.25) is 0 Å². The van der Waals surface area contributed by atoms with E-state index in [4.69, 9.17) is 5.73 Å². The van der Waals surface area contributed by atoms with Gasteiger partial charge in [0.25, 0.3) is 0 Å². The highest BCUT2D eigenvalue weighted by atomic mass is 19.4. The number of hydrogen-bond acceptors (Lipinski definition) is 3. The van der Waals surface area contributed by atoms with Crippen molar-refractivity contribution in [2.45, 2.75) is 6.18 Å². The predicted molar refractivity (Wildman–Crippen MR) is 76.2 cm³/mol. The van der Waals surface area contributed by atoms with Crippen molar-refractivity contribution in [2.75, 3.05) is 5.73 Å². The quantitative estimate of drug-likeness (QED) is 0.737. The van der Waals surface area contributed by atoms with Crippen LogP contribution in [-0.4, -0.2) is 14.8 Å². The summed E-state index contributed by atoms with van der Waals surface area (Å²) in [5.74, 6) is 0. The van der Waals surface area contributed by atoms with E-state index in [1.807, 2.05) is 0 Å². The molecule has 0 aliphatic rings. The second kappa shape index (κ2) is 5.18. The summed E-state index contributed by atoms with van der Waals surface area (Å²) in [6.45, 7) is 0. The minimum atomic E-state index is -4.52. The molecule has 0 aliphatic carbocycles. The van der Waals surface area contributed by atoms with Crippen LogP contribution in [0.3, 0.4) is 0 Å². The standard InChI is InChI=1S/C15H11F3N4/c16-15(17,18)14-8-13(10-2-1-7-20-9-10)21-22(14)12-5-3-11(19)4-6-12/h1-9H,19H2. The van der Waals surface area contributed by atoms with Crippen LogP contribution in [0.25, 0.3) is 16.9 Å². The first kappa shape index (κ1) is 14.1. The maximum atomic E-state index is 13.2. The summed E-state index contributed by atoms with van der Waals surface area (Å²) >= 11 is 0. The third-order valence-electron chi connectivity index (χ3n) is 3.09. The third kappa shape index (κ3) is 2.65. The molecule has 0 aliphatic heterocycles. The van der Waals surface area contributed by atoms with E-state index in [0.717, 1.165) is 10.7 Å². The highest BCUT2D eigenvalue weighted by molar-refractivity contribution is 5.59. The number of pyridine rings is 1. The van der Waals surface area contributed by atoms with Gasteiger partial charge in [-0.1, -0.05) is 0 Å². The Morgan fingerprint density at radius 2 is 1.77 bits per heavy atom. The Morgan fingerprint density at radius 1 is 1.05 bits per heavy atom. The molecule has 2 heterocycles. The zero-order valence-electron chi connectivity index (χ0n) is 11.2. The lowest BCUT2D eigenvalue weighted by atomic mass is 10.2. The lowest BCUT2D eigenvalue weighted by Crippen LogP contribution is -2.13. The van der Waals surface area contributed by atoms with Gasteiger partial charge in [-0.2, -0.15) is 18.3 Å². The molecular formula is C15H11F3N4. The largest absolute Gasteiger partial charge is 0.433 e. The Labute approximate surface area is 124 Å². The molecule has 0 unspecified atom stereocenters. The van der Waals surface area contributed by atoms with Gasteiger partial charge in [0.2, 0.25) is 0 Å². The number of halogens is 3. The lowest BCUT2D eigenvalue weighted by Gasteiger charge is -2.10. The molecular weight excluding hydrogens is 293 g/mol. The first-order chi connectivity index (χ1) is 10.4. The fourth-order valence-electron chi connectivity index (χ4n) is 2.05. The van der Waals surface area contributed by atoms with Crippen LogP contribution >= 0.6 is 0 Å². The second-order valence-electron chi connectivity index (χ2n) is 4.66. The second-order valence-corrected chi connectivity index (χ2v) is 4.66. The summed E-state index contributed by atoms with van der Waals surface area (Å²) in [6.07, 6.45) is -1.50. The van der Waals surface area contributed by atoms with Crippen molar-refractivity contribution in [3.8, 4) is 16.9 Å². The molecule has 2 aromatic heterocycles. The van der Waals surface area contributed by atoms with E-state index >= 15 is 0 Å². The Bertz CT molecular complexity index is 777. The molecule has 22 heavy (non-hydrogen) atoms. The minimum Gasteiger partial charge on any atom is -0.399 e. The highest BCUT2D eigenvalue weighted by Gasteiger charge is 2.36. The number of hydrogen-bond donors (Lipinski definition) is 1. The molecule has 1 aromatic carbocycles. The number of rotatable bonds is 2. The average molecular weight is 304 g/mol. The molecule has 7 heteroatoms. The van der Waals surface area contributed by atoms with Crippen LogP contribution in [0, 0.1) is 0 Å². The Balaban J connectivity index is 2.16. The van der Waals surface area contributed by atoms with Gasteiger partial charge in [0.15, 0.2) is 0 Å². The van der Waals surface area contributed by atoms with Gasteiger partial charge < -0.3 is 5.73 Å². The van der Waals surface area contributed by atoms with E-state index in [9.17, 15) is 13.2 Å². The average Bonchev–Trinajstić information content (AvgIpc) is 2.94. The van der Waals surface area contributed by atoms with Crippen LogP contribution in [-0.2, 0) is 6.18 Å². The molecule has 3 rings (SSSR count). The van der Waals surface area contributed by atoms with Crippen molar-refractivity contribution >= 4 is 5.69 Å². The van der Waals surface area contributed by atoms with Gasteiger partial charge in [-0.25, -0.2) is 4.68 Å². The van der Waals surface area contributed by atoms with Crippen LogP contribution in [0.15, 0.2) is 54.9 Å². The van der Waals surface area contributed by atoms with Crippen molar-refractivity contribution in [1.29, 1.82) is 0 Å². The van der Waals surface area contributed by atoms with Crippen molar-refractivity contribution < 1.29 is 13.2 Å². The molecule has 3 aromatic rings. The lowest BCUT2D eigenvalue weighted by molar-refractivity contribution is -0.142. The molecule has 0 spiro atoms. The molecule has 0 amide bonds. The first-order valence-corrected chi connectivity index (χ1v) is 6.39. The normalized spacial score (nSPS) is 11.6. The molecule has 0 radical (unpaired) electrons. The molecule has 0 fully saturated rings. The van der Waals surface area contributed by atoms with Crippen LogP contribution in [0.1, 0.15) is 5.69 Å². The van der Waals surface area contributed by atoms with E-state index < -0.39 is 11.9 Å². The van der Waals surface area contributed by atoms with Crippen LogP contribution in [0.4, 0.5) is 18.9 Å². The number of alkyl halides is 3. The Kier molecular flexibility index (Phi) is 3.32. The Hall–Kier alpha value is -2.83. The summed E-state index contributed by atoms with van der Waals surface area (Å²) in [4.78, 5) is 3.90. The maximum absolute atomic E-state index is 13.2. The zero-order valence-corrected chi connectivity index (χ0v) is 11.2. The van der Waals surface area contributed by atoms with Crippen LogP contribution in [0.5, 0.6) is 0 Å². The Morgan fingerprint density at radius 3 is 2.36 bits per heavy atom. The predicted octanol–water partition coefficient (Wildman–Crippen LogP) is 3.54. The summed E-state index contributed by atoms with van der Waals surface area (Å²) in [5, 5.41) is 4.06. The number of nitrogen functional groups attached to an aromatic ring is 1. The van der Waals surface area contributed by atoms with Crippen LogP contribution < -0.4 is 5.73 Å². The fourth-order valence-corrected chi connectivity index (χ4v) is 2.05. The summed E-state index contributed by atoms with van der Waals surface area (Å²) in [5.41, 5.74) is 6.19. The van der Waals surface area contributed by atoms with Crippen molar-refractivity contribution in [1.82, 2.24) is 14.8 Å². The van der Waals surface area contributed by atoms with Crippen molar-refractivity contribution in [3.63, 3.8) is 0 Å². The first-order valence-electron chi connectivity index (χ1n) is 6.39. The molecule has 4 nitrogen and oxygen atoms in total. The number of anilines is 1. The number of nitrogens with two attached hydrogens (primary N) is 1. The smallest absolute Gasteiger partial charge is 0.399 e. The topological polar surface area (TPSA) is 56.7 Å². The summed E-state index contributed by atoms with van der Waals surface area (Å²) in [6, 6.07) is 10.3. The SMILES string of the molecule is Nc1ccc(-n2nc(-c3cccnc3)cc2C(F)(F)F)cc1. The molecule has 0 bridgehead atoms. The van der Waals surface area contributed by atoms with E-state index in [2.05, 4.69) is 10.1 Å². The highest BCUT2D eigenvalue weighted by Crippen LogP contribution is 2.33. The van der Waals surface area contributed by atoms with E-state index in [1.54, 1.807) is 18.3 Å². The third-order valence-corrected chi connectivity index (χ3v) is 3.09. The van der Waals surface area contributed by atoms with E-state index in [1.165, 1.54) is 30.5 Å². The monoisotopic (exact) mass is 304 g/mol. The molecule has 0 saturated carbocycles. The minimum absolute atomic E-state index is 0.206.